The zero-order valence-electron chi connectivity index (χ0n) is 17.0. The van der Waals surface area contributed by atoms with E-state index < -0.39 is 12.2 Å². The lowest BCUT2D eigenvalue weighted by atomic mass is 10.2. The van der Waals surface area contributed by atoms with Crippen LogP contribution in [0.3, 0.4) is 0 Å². The first-order valence-electron chi connectivity index (χ1n) is 9.32. The molecule has 0 radical (unpaired) electrons. The number of halogens is 1. The van der Waals surface area contributed by atoms with Crippen molar-refractivity contribution in [3.8, 4) is 12.1 Å². The number of aliphatic hydroxyl groups excluding tert-OH is 1. The van der Waals surface area contributed by atoms with Gasteiger partial charge in [0.25, 0.3) is 0 Å². The number of aryl methyl sites for hydroxylation is 2. The number of aromatic nitrogens is 4. The molecule has 10 heteroatoms. The molecule has 0 spiro atoms. The smallest absolute Gasteiger partial charge is 0.172 e. The van der Waals surface area contributed by atoms with Crippen LogP contribution in [0.4, 0.5) is 0 Å². The van der Waals surface area contributed by atoms with E-state index in [0.29, 0.717) is 42.4 Å². The van der Waals surface area contributed by atoms with Crippen LogP contribution < -0.4 is 0 Å². The molecule has 0 aliphatic heterocycles. The molecule has 2 unspecified atom stereocenters. The molecule has 0 saturated carbocycles. The molecule has 0 aliphatic carbocycles. The van der Waals surface area contributed by atoms with Gasteiger partial charge in [-0.15, -0.1) is 0 Å². The monoisotopic (exact) mass is 476 g/mol. The van der Waals surface area contributed by atoms with Gasteiger partial charge in [0.2, 0.25) is 0 Å². The minimum absolute atomic E-state index is 0.0581. The van der Waals surface area contributed by atoms with Gasteiger partial charge in [-0.2, -0.15) is 10.5 Å². The molecule has 0 amide bonds. The number of nitriles is 2. The van der Waals surface area contributed by atoms with Crippen LogP contribution in [0, 0.1) is 36.5 Å². The lowest BCUT2D eigenvalue weighted by molar-refractivity contribution is 0.0769. The van der Waals surface area contributed by atoms with Crippen molar-refractivity contribution in [2.45, 2.75) is 38.9 Å². The lowest BCUT2D eigenvalue weighted by Gasteiger charge is -2.09. The van der Waals surface area contributed by atoms with Gasteiger partial charge >= 0.3 is 0 Å². The third kappa shape index (κ3) is 9.81. The largest absolute Gasteiger partial charge is 0.396 e. The average Bonchev–Trinajstić information content (AvgIpc) is 2.77. The van der Waals surface area contributed by atoms with E-state index >= 15 is 0 Å². The van der Waals surface area contributed by atoms with Crippen LogP contribution in [0.2, 0.25) is 0 Å². The van der Waals surface area contributed by atoms with Crippen LogP contribution in [-0.4, -0.2) is 50.2 Å². The van der Waals surface area contributed by atoms with Crippen LogP contribution in [0.15, 0.2) is 24.8 Å². The van der Waals surface area contributed by atoms with E-state index in [-0.39, 0.29) is 6.61 Å². The fraction of sp³-hybridized carbons (Fsp3) is 0.500. The zero-order chi connectivity index (χ0) is 22.2. The Hall–Kier alpha value is -2.50. The van der Waals surface area contributed by atoms with Gasteiger partial charge in [0.1, 0.15) is 11.6 Å². The molecular weight excluding hydrogens is 452 g/mol. The summed E-state index contributed by atoms with van der Waals surface area (Å²) in [6.07, 6.45) is 6.59. The van der Waals surface area contributed by atoms with Crippen LogP contribution in [0.25, 0.3) is 0 Å². The van der Waals surface area contributed by atoms with E-state index in [1.54, 1.807) is 38.6 Å². The first-order chi connectivity index (χ1) is 14.5. The predicted molar refractivity (Wildman–Crippen MR) is 112 cm³/mol. The molecule has 2 aromatic rings. The van der Waals surface area contributed by atoms with Gasteiger partial charge in [0.05, 0.1) is 18.7 Å². The second-order valence-corrected chi connectivity index (χ2v) is 6.80. The van der Waals surface area contributed by atoms with Crippen molar-refractivity contribution in [3.05, 3.63) is 47.6 Å². The minimum atomic E-state index is -0.655. The predicted octanol–water partition coefficient (Wildman–Crippen LogP) is 2.90. The molecule has 2 atom stereocenters. The lowest BCUT2D eigenvalue weighted by Crippen LogP contribution is -2.06. The van der Waals surface area contributed by atoms with Crippen LogP contribution >= 0.6 is 15.9 Å². The normalized spacial score (nSPS) is 12.1. The standard InChI is InChI=1S/C10H12BrN3O.C10H13N3O2/c1-8-13-6-9(7-14-8)10(5-12)15-4-2-3-11;1-8-12-6-9(7-13-8)10(5-11)15-4-2-3-14/h6-7,10H,2-4H2,1H3;6-7,10,14H,2-4H2,1H3. The summed E-state index contributed by atoms with van der Waals surface area (Å²) in [5.74, 6) is 1.35. The fourth-order valence-electron chi connectivity index (χ4n) is 2.01. The van der Waals surface area contributed by atoms with Crippen molar-refractivity contribution in [1.29, 1.82) is 10.5 Å². The van der Waals surface area contributed by atoms with Crippen molar-refractivity contribution in [2.24, 2.45) is 0 Å². The molecule has 2 aromatic heterocycles. The highest BCUT2D eigenvalue weighted by atomic mass is 79.9. The summed E-state index contributed by atoms with van der Waals surface area (Å²) in [5, 5.41) is 27.2. The third-order valence-corrected chi connectivity index (χ3v) is 4.15. The minimum Gasteiger partial charge on any atom is -0.396 e. The van der Waals surface area contributed by atoms with E-state index in [1.807, 2.05) is 6.07 Å². The Bertz CT molecular complexity index is 736. The second kappa shape index (κ2) is 15.4. The topological polar surface area (TPSA) is 138 Å². The summed E-state index contributed by atoms with van der Waals surface area (Å²) in [5.41, 5.74) is 1.35. The number of hydrogen-bond acceptors (Lipinski definition) is 9. The van der Waals surface area contributed by atoms with Gasteiger partial charge in [-0.3, -0.25) is 0 Å². The quantitative estimate of drug-likeness (QED) is 0.404. The van der Waals surface area contributed by atoms with E-state index in [4.69, 9.17) is 25.1 Å². The third-order valence-electron chi connectivity index (χ3n) is 3.59. The summed E-state index contributed by atoms with van der Waals surface area (Å²) in [4.78, 5) is 16.0. The number of ether oxygens (including phenoxy) is 2. The van der Waals surface area contributed by atoms with Crippen LogP contribution in [0.5, 0.6) is 0 Å². The van der Waals surface area contributed by atoms with E-state index in [2.05, 4.69) is 41.9 Å². The van der Waals surface area contributed by atoms with Crippen LogP contribution in [0.1, 0.15) is 47.8 Å². The van der Waals surface area contributed by atoms with Crippen molar-refractivity contribution in [3.63, 3.8) is 0 Å². The van der Waals surface area contributed by atoms with Crippen molar-refractivity contribution in [2.75, 3.05) is 25.2 Å². The van der Waals surface area contributed by atoms with Gasteiger partial charge in [-0.25, -0.2) is 19.9 Å². The SMILES string of the molecule is Cc1ncc(C(C#N)OCCCBr)cn1.Cc1ncc(C(C#N)OCCCO)cn1. The first kappa shape index (κ1) is 25.5. The fourth-order valence-corrected chi connectivity index (χ4v) is 2.24. The summed E-state index contributed by atoms with van der Waals surface area (Å²) >= 11 is 3.30. The Morgan fingerprint density at radius 3 is 1.60 bits per heavy atom. The highest BCUT2D eigenvalue weighted by Gasteiger charge is 2.12. The molecule has 0 bridgehead atoms. The van der Waals surface area contributed by atoms with Crippen molar-refractivity contribution in [1.82, 2.24) is 19.9 Å². The maximum atomic E-state index is 8.91. The number of aliphatic hydroxyl groups is 1. The van der Waals surface area contributed by atoms with Gasteiger partial charge in [-0.1, -0.05) is 15.9 Å². The summed E-state index contributed by atoms with van der Waals surface area (Å²) in [6.45, 7) is 4.54. The number of alkyl halides is 1. The van der Waals surface area contributed by atoms with Crippen molar-refractivity contribution < 1.29 is 14.6 Å². The zero-order valence-corrected chi connectivity index (χ0v) is 18.6. The Morgan fingerprint density at radius 2 is 1.27 bits per heavy atom. The van der Waals surface area contributed by atoms with Crippen LogP contribution in [-0.2, 0) is 9.47 Å². The van der Waals surface area contributed by atoms with Gasteiger partial charge < -0.3 is 14.6 Å². The molecule has 1 N–H and O–H groups in total. The maximum Gasteiger partial charge on any atom is 0.172 e. The first-order valence-corrected chi connectivity index (χ1v) is 10.4. The Kier molecular flexibility index (Phi) is 13.1. The molecule has 0 saturated heterocycles. The molecule has 160 valence electrons. The molecule has 9 nitrogen and oxygen atoms in total. The second-order valence-electron chi connectivity index (χ2n) is 6.01. The summed E-state index contributed by atoms with van der Waals surface area (Å²) in [7, 11) is 0. The molecule has 0 aliphatic rings. The van der Waals surface area contributed by atoms with E-state index in [1.165, 1.54) is 0 Å². The Morgan fingerprint density at radius 1 is 0.867 bits per heavy atom. The highest BCUT2D eigenvalue weighted by Crippen LogP contribution is 2.15. The van der Waals surface area contributed by atoms with Gasteiger partial charge in [0, 0.05) is 54.5 Å². The maximum absolute atomic E-state index is 8.91. The molecule has 30 heavy (non-hydrogen) atoms. The van der Waals surface area contributed by atoms with E-state index in [9.17, 15) is 0 Å². The van der Waals surface area contributed by atoms with Gasteiger partial charge in [-0.05, 0) is 26.7 Å². The molecule has 2 heterocycles. The molecule has 0 fully saturated rings. The summed E-state index contributed by atoms with van der Waals surface area (Å²) < 4.78 is 10.6. The average molecular weight is 477 g/mol. The number of rotatable bonds is 10. The van der Waals surface area contributed by atoms with Crippen molar-refractivity contribution >= 4 is 15.9 Å². The highest BCUT2D eigenvalue weighted by molar-refractivity contribution is 9.09. The molecular formula is C20H25BrN6O3. The summed E-state index contributed by atoms with van der Waals surface area (Å²) in [6, 6.07) is 4.09. The Labute approximate surface area is 184 Å². The van der Waals surface area contributed by atoms with E-state index in [0.717, 1.165) is 11.8 Å². The number of hydrogen-bond donors (Lipinski definition) is 1. The molecule has 0 aromatic carbocycles. The molecule has 2 rings (SSSR count). The van der Waals surface area contributed by atoms with Gasteiger partial charge in [0.15, 0.2) is 12.2 Å². The number of nitrogens with zero attached hydrogens (tertiary/aromatic N) is 6. The Balaban J connectivity index is 0.000000300.